The van der Waals surface area contributed by atoms with Crippen LogP contribution in [0.15, 0.2) is 30.5 Å². The molecule has 1 heterocycles. The summed E-state index contributed by atoms with van der Waals surface area (Å²) in [6.07, 6.45) is 3.24. The van der Waals surface area contributed by atoms with Crippen LogP contribution in [0.2, 0.25) is 0 Å². The third-order valence-corrected chi connectivity index (χ3v) is 3.51. The number of anilines is 1. The molecule has 3 heteroatoms. The van der Waals surface area contributed by atoms with Gasteiger partial charge in [-0.1, -0.05) is 24.3 Å². The van der Waals surface area contributed by atoms with Crippen molar-refractivity contribution in [3.63, 3.8) is 0 Å². The van der Waals surface area contributed by atoms with Gasteiger partial charge in [-0.15, -0.1) is 0 Å². The zero-order valence-electron chi connectivity index (χ0n) is 10.3. The minimum atomic E-state index is 0.658. The van der Waals surface area contributed by atoms with E-state index in [1.807, 2.05) is 24.9 Å². The van der Waals surface area contributed by atoms with Gasteiger partial charge in [0.05, 0.1) is 11.4 Å². The van der Waals surface area contributed by atoms with Gasteiger partial charge in [0.1, 0.15) is 0 Å². The highest BCUT2D eigenvalue weighted by molar-refractivity contribution is 5.48. The number of nitrogens with one attached hydrogen (secondary N) is 1. The van der Waals surface area contributed by atoms with Gasteiger partial charge in [0.25, 0.3) is 0 Å². The smallest absolute Gasteiger partial charge is 0.0824 e. The van der Waals surface area contributed by atoms with E-state index in [4.69, 9.17) is 0 Å². The van der Waals surface area contributed by atoms with Crippen LogP contribution in [-0.2, 0) is 13.5 Å². The number of benzene rings is 1. The van der Waals surface area contributed by atoms with Gasteiger partial charge in [0.2, 0.25) is 0 Å². The van der Waals surface area contributed by atoms with Gasteiger partial charge < -0.3 is 5.32 Å². The van der Waals surface area contributed by atoms with Crippen LogP contribution in [-0.4, -0.2) is 16.3 Å². The molecule has 1 unspecified atom stereocenters. The maximum atomic E-state index is 4.33. The summed E-state index contributed by atoms with van der Waals surface area (Å²) < 4.78 is 1.85. The van der Waals surface area contributed by atoms with E-state index in [-0.39, 0.29) is 0 Å². The van der Waals surface area contributed by atoms with Crippen molar-refractivity contribution in [3.05, 3.63) is 47.3 Å². The first-order chi connectivity index (χ1) is 8.24. The molecule has 1 atom stereocenters. The number of rotatable bonds is 3. The second-order valence-corrected chi connectivity index (χ2v) is 4.78. The molecule has 0 amide bonds. The van der Waals surface area contributed by atoms with Crippen LogP contribution in [0.4, 0.5) is 5.69 Å². The fourth-order valence-corrected chi connectivity index (χ4v) is 2.55. The average molecular weight is 227 g/mol. The molecule has 0 saturated heterocycles. The summed E-state index contributed by atoms with van der Waals surface area (Å²) in [6.45, 7) is 3.04. The molecule has 1 aromatic carbocycles. The number of hydrogen-bond acceptors (Lipinski definition) is 2. The minimum Gasteiger partial charge on any atom is -0.382 e. The molecule has 3 nitrogen and oxygen atoms in total. The Balaban J connectivity index is 1.66. The van der Waals surface area contributed by atoms with Gasteiger partial charge in [-0.05, 0) is 24.5 Å². The average Bonchev–Trinajstić information content (AvgIpc) is 2.59. The molecule has 0 fully saturated rings. The molecule has 17 heavy (non-hydrogen) atoms. The second kappa shape index (κ2) is 3.91. The van der Waals surface area contributed by atoms with E-state index in [0.29, 0.717) is 5.92 Å². The Bertz CT molecular complexity index is 542. The van der Waals surface area contributed by atoms with Crippen molar-refractivity contribution in [1.82, 2.24) is 9.78 Å². The topological polar surface area (TPSA) is 29.9 Å². The maximum Gasteiger partial charge on any atom is 0.0824 e. The van der Waals surface area contributed by atoms with Crippen LogP contribution in [0.1, 0.15) is 22.7 Å². The highest BCUT2D eigenvalue weighted by Crippen LogP contribution is 2.34. The lowest BCUT2D eigenvalue weighted by Crippen LogP contribution is -2.24. The summed E-state index contributed by atoms with van der Waals surface area (Å²) in [4.78, 5) is 0. The van der Waals surface area contributed by atoms with Crippen LogP contribution in [0.25, 0.3) is 0 Å². The number of hydrogen-bond donors (Lipinski definition) is 1. The van der Waals surface area contributed by atoms with E-state index >= 15 is 0 Å². The van der Waals surface area contributed by atoms with Crippen LogP contribution < -0.4 is 5.32 Å². The van der Waals surface area contributed by atoms with Crippen LogP contribution in [0, 0.1) is 6.92 Å². The quantitative estimate of drug-likeness (QED) is 0.873. The standard InChI is InChI=1S/C14H17N3/c1-10-14(9-17(2)16-10)15-8-12-7-11-5-3-4-6-13(11)12/h3-6,9,12,15H,7-8H2,1-2H3. The summed E-state index contributed by atoms with van der Waals surface area (Å²) in [5.41, 5.74) is 5.22. The van der Waals surface area contributed by atoms with Crippen molar-refractivity contribution in [1.29, 1.82) is 0 Å². The third-order valence-electron chi connectivity index (χ3n) is 3.51. The van der Waals surface area contributed by atoms with Crippen molar-refractivity contribution < 1.29 is 0 Å². The first-order valence-corrected chi connectivity index (χ1v) is 6.06. The lowest BCUT2D eigenvalue weighted by atomic mass is 9.77. The highest BCUT2D eigenvalue weighted by Gasteiger charge is 2.25. The molecule has 1 N–H and O–H groups in total. The van der Waals surface area contributed by atoms with E-state index in [0.717, 1.165) is 17.9 Å². The summed E-state index contributed by atoms with van der Waals surface area (Å²) in [6, 6.07) is 8.70. The molecule has 88 valence electrons. The molecule has 1 aromatic heterocycles. The van der Waals surface area contributed by atoms with Crippen molar-refractivity contribution in [3.8, 4) is 0 Å². The van der Waals surface area contributed by atoms with E-state index in [2.05, 4.69) is 34.7 Å². The molecule has 0 radical (unpaired) electrons. The minimum absolute atomic E-state index is 0.658. The molecule has 0 bridgehead atoms. The predicted octanol–water partition coefficient (Wildman–Crippen LogP) is 2.48. The van der Waals surface area contributed by atoms with Crippen molar-refractivity contribution in [2.45, 2.75) is 19.3 Å². The Morgan fingerprint density at radius 2 is 2.24 bits per heavy atom. The SMILES string of the molecule is Cc1nn(C)cc1NCC1Cc2ccccc21. The molecule has 1 aliphatic rings. The van der Waals surface area contributed by atoms with E-state index in [1.54, 1.807) is 0 Å². The second-order valence-electron chi connectivity index (χ2n) is 4.78. The molecule has 0 saturated carbocycles. The van der Waals surface area contributed by atoms with Gasteiger partial charge in [0, 0.05) is 25.7 Å². The van der Waals surface area contributed by atoms with Crippen LogP contribution in [0.3, 0.4) is 0 Å². The predicted molar refractivity (Wildman–Crippen MR) is 69.3 cm³/mol. The highest BCUT2D eigenvalue weighted by atomic mass is 15.3. The summed E-state index contributed by atoms with van der Waals surface area (Å²) in [7, 11) is 1.96. The molecular weight excluding hydrogens is 210 g/mol. The normalized spacial score (nSPS) is 17.4. The zero-order chi connectivity index (χ0) is 11.8. The van der Waals surface area contributed by atoms with Gasteiger partial charge in [-0.25, -0.2) is 0 Å². The first kappa shape index (κ1) is 10.4. The van der Waals surface area contributed by atoms with Crippen molar-refractivity contribution >= 4 is 5.69 Å². The number of nitrogens with zero attached hydrogens (tertiary/aromatic N) is 2. The maximum absolute atomic E-state index is 4.33. The van der Waals surface area contributed by atoms with Crippen molar-refractivity contribution in [2.75, 3.05) is 11.9 Å². The van der Waals surface area contributed by atoms with Crippen LogP contribution in [0.5, 0.6) is 0 Å². The lowest BCUT2D eigenvalue weighted by molar-refractivity contribution is 0.635. The fraction of sp³-hybridized carbons (Fsp3) is 0.357. The van der Waals surface area contributed by atoms with Gasteiger partial charge in [0.15, 0.2) is 0 Å². The molecule has 0 spiro atoms. The number of aromatic nitrogens is 2. The van der Waals surface area contributed by atoms with Crippen LogP contribution >= 0.6 is 0 Å². The Hall–Kier alpha value is -1.77. The van der Waals surface area contributed by atoms with Crippen molar-refractivity contribution in [2.24, 2.45) is 7.05 Å². The Kier molecular flexibility index (Phi) is 2.39. The van der Waals surface area contributed by atoms with Gasteiger partial charge in [-0.2, -0.15) is 5.10 Å². The first-order valence-electron chi connectivity index (χ1n) is 6.06. The van der Waals surface area contributed by atoms with E-state index < -0.39 is 0 Å². The number of aryl methyl sites for hydroxylation is 2. The Labute approximate surface area is 101 Å². The molecule has 3 rings (SSSR count). The zero-order valence-corrected chi connectivity index (χ0v) is 10.3. The molecule has 1 aliphatic carbocycles. The summed E-state index contributed by atoms with van der Waals surface area (Å²) in [5.74, 6) is 0.658. The van der Waals surface area contributed by atoms with E-state index in [9.17, 15) is 0 Å². The lowest BCUT2D eigenvalue weighted by Gasteiger charge is -2.30. The molecular formula is C14H17N3. The fourth-order valence-electron chi connectivity index (χ4n) is 2.55. The van der Waals surface area contributed by atoms with E-state index in [1.165, 1.54) is 17.5 Å². The summed E-state index contributed by atoms with van der Waals surface area (Å²) in [5, 5.41) is 7.82. The number of fused-ring (bicyclic) bond motifs is 1. The Morgan fingerprint density at radius 1 is 1.41 bits per heavy atom. The van der Waals surface area contributed by atoms with Gasteiger partial charge >= 0.3 is 0 Å². The summed E-state index contributed by atoms with van der Waals surface area (Å²) >= 11 is 0. The Morgan fingerprint density at radius 3 is 2.94 bits per heavy atom. The monoisotopic (exact) mass is 227 g/mol. The van der Waals surface area contributed by atoms with Gasteiger partial charge in [-0.3, -0.25) is 4.68 Å². The third kappa shape index (κ3) is 1.82. The molecule has 0 aliphatic heterocycles. The molecule has 2 aromatic rings. The largest absolute Gasteiger partial charge is 0.382 e.